The summed E-state index contributed by atoms with van der Waals surface area (Å²) in [5, 5.41) is 0. The van der Waals surface area contributed by atoms with E-state index in [-0.39, 0.29) is 12.0 Å². The van der Waals surface area contributed by atoms with Crippen molar-refractivity contribution in [2.45, 2.75) is 45.6 Å². The number of carbonyl (C=O) groups is 1. The second-order valence-corrected chi connectivity index (χ2v) is 5.28. The lowest BCUT2D eigenvalue weighted by molar-refractivity contribution is -0.142. The molecule has 1 aromatic rings. The maximum Gasteiger partial charge on any atom is 0.306 e. The number of esters is 1. The Balaban J connectivity index is 3.26. The highest BCUT2D eigenvalue weighted by molar-refractivity contribution is 5.71. The van der Waals surface area contributed by atoms with E-state index in [9.17, 15) is 4.79 Å². The fourth-order valence-corrected chi connectivity index (χ4v) is 2.22. The Labute approximate surface area is 109 Å². The molecule has 0 saturated carbocycles. The van der Waals surface area contributed by atoms with E-state index >= 15 is 0 Å². The monoisotopic (exact) mass is 249 g/mol. The van der Waals surface area contributed by atoms with Gasteiger partial charge in [0.25, 0.3) is 0 Å². The predicted molar refractivity (Wildman–Crippen MR) is 73.6 cm³/mol. The molecule has 0 radical (unpaired) electrons. The molecule has 2 atom stereocenters. The van der Waals surface area contributed by atoms with Crippen LogP contribution < -0.4 is 5.73 Å². The minimum atomic E-state index is -0.400. The molecule has 0 aromatic heterocycles. The maximum absolute atomic E-state index is 11.6. The molecule has 0 aliphatic carbocycles. The number of hydrogen-bond acceptors (Lipinski definition) is 3. The van der Waals surface area contributed by atoms with Crippen LogP contribution in [0.4, 0.5) is 0 Å². The van der Waals surface area contributed by atoms with Crippen LogP contribution >= 0.6 is 0 Å². The average Bonchev–Trinajstić information content (AvgIpc) is 2.31. The van der Waals surface area contributed by atoms with Gasteiger partial charge in [-0.05, 0) is 31.9 Å². The van der Waals surface area contributed by atoms with E-state index in [4.69, 9.17) is 10.5 Å². The van der Waals surface area contributed by atoms with Crippen molar-refractivity contribution in [2.24, 2.45) is 5.73 Å². The van der Waals surface area contributed by atoms with Crippen molar-refractivity contribution in [3.05, 3.63) is 34.9 Å². The minimum absolute atomic E-state index is 0.128. The van der Waals surface area contributed by atoms with Crippen LogP contribution in [0.1, 0.15) is 37.0 Å². The molecule has 18 heavy (non-hydrogen) atoms. The Morgan fingerprint density at radius 3 is 2.56 bits per heavy atom. The largest absolute Gasteiger partial charge is 0.469 e. The summed E-state index contributed by atoms with van der Waals surface area (Å²) in [4.78, 5) is 11.6. The zero-order valence-corrected chi connectivity index (χ0v) is 11.9. The lowest BCUT2D eigenvalue weighted by Gasteiger charge is -2.34. The zero-order valence-electron chi connectivity index (χ0n) is 11.9. The Bertz CT molecular complexity index is 440. The molecule has 2 unspecified atom stereocenters. The van der Waals surface area contributed by atoms with E-state index < -0.39 is 5.41 Å². The molecule has 0 bridgehead atoms. The summed E-state index contributed by atoms with van der Waals surface area (Å²) < 4.78 is 4.79. The van der Waals surface area contributed by atoms with Crippen molar-refractivity contribution >= 4 is 5.97 Å². The van der Waals surface area contributed by atoms with Gasteiger partial charge in [0.05, 0.1) is 13.5 Å². The highest BCUT2D eigenvalue weighted by Crippen LogP contribution is 2.33. The van der Waals surface area contributed by atoms with Gasteiger partial charge in [-0.25, -0.2) is 0 Å². The summed E-state index contributed by atoms with van der Waals surface area (Å²) in [7, 11) is 1.41. The van der Waals surface area contributed by atoms with Crippen LogP contribution in [-0.2, 0) is 14.9 Å². The first-order chi connectivity index (χ1) is 8.31. The Morgan fingerprint density at radius 2 is 2.06 bits per heavy atom. The number of benzene rings is 1. The number of ether oxygens (including phenoxy) is 1. The minimum Gasteiger partial charge on any atom is -0.469 e. The van der Waals surface area contributed by atoms with Gasteiger partial charge in [0.2, 0.25) is 0 Å². The molecule has 3 nitrogen and oxygen atoms in total. The van der Waals surface area contributed by atoms with E-state index in [2.05, 4.69) is 18.2 Å². The first kappa shape index (κ1) is 14.7. The highest BCUT2D eigenvalue weighted by Gasteiger charge is 2.35. The molecule has 0 heterocycles. The molecule has 0 saturated heterocycles. The predicted octanol–water partition coefficient (Wildman–Crippen LogP) is 2.47. The van der Waals surface area contributed by atoms with Gasteiger partial charge in [-0.1, -0.05) is 30.7 Å². The Kier molecular flexibility index (Phi) is 4.52. The number of hydrogen-bond donors (Lipinski definition) is 1. The van der Waals surface area contributed by atoms with E-state index in [1.165, 1.54) is 12.7 Å². The van der Waals surface area contributed by atoms with Crippen LogP contribution in [0.15, 0.2) is 18.2 Å². The summed E-state index contributed by atoms with van der Waals surface area (Å²) in [5.74, 6) is -0.226. The van der Waals surface area contributed by atoms with Gasteiger partial charge in [0, 0.05) is 11.5 Å². The normalized spacial score (nSPS) is 15.9. The van der Waals surface area contributed by atoms with Gasteiger partial charge >= 0.3 is 5.97 Å². The molecular weight excluding hydrogens is 226 g/mol. The van der Waals surface area contributed by atoms with Crippen LogP contribution in [0.3, 0.4) is 0 Å². The van der Waals surface area contributed by atoms with Gasteiger partial charge in [0.15, 0.2) is 0 Å². The summed E-state index contributed by atoms with van der Waals surface area (Å²) in [5.41, 5.74) is 9.18. The Hall–Kier alpha value is -1.35. The van der Waals surface area contributed by atoms with Crippen LogP contribution in [-0.4, -0.2) is 19.1 Å². The molecule has 2 N–H and O–H groups in total. The lowest BCUT2D eigenvalue weighted by atomic mass is 9.72. The van der Waals surface area contributed by atoms with Crippen LogP contribution in [0.25, 0.3) is 0 Å². The molecular formula is C15H23NO2. The number of aryl methyl sites for hydroxylation is 2. The van der Waals surface area contributed by atoms with Crippen molar-refractivity contribution in [3.63, 3.8) is 0 Å². The average molecular weight is 249 g/mol. The van der Waals surface area contributed by atoms with Crippen molar-refractivity contribution in [1.29, 1.82) is 0 Å². The molecule has 0 spiro atoms. The van der Waals surface area contributed by atoms with Gasteiger partial charge in [0.1, 0.15) is 0 Å². The molecule has 0 aliphatic heterocycles. The lowest BCUT2D eigenvalue weighted by Crippen LogP contribution is -2.43. The fraction of sp³-hybridized carbons (Fsp3) is 0.533. The second kappa shape index (κ2) is 5.53. The third-order valence-corrected chi connectivity index (χ3v) is 3.75. The number of carbonyl (C=O) groups excluding carboxylic acids is 1. The van der Waals surface area contributed by atoms with E-state index in [1.54, 1.807) is 0 Å². The number of methoxy groups -OCH3 is 1. The van der Waals surface area contributed by atoms with Gasteiger partial charge in [-0.15, -0.1) is 0 Å². The SMILES string of the molecule is COC(=O)CC(C)(c1cc(C)ccc1C)C(C)N. The number of rotatable bonds is 4. The first-order valence-electron chi connectivity index (χ1n) is 6.21. The molecule has 100 valence electrons. The van der Waals surface area contributed by atoms with Gasteiger partial charge in [-0.3, -0.25) is 4.79 Å². The maximum atomic E-state index is 11.6. The second-order valence-electron chi connectivity index (χ2n) is 5.28. The van der Waals surface area contributed by atoms with Crippen LogP contribution in [0.5, 0.6) is 0 Å². The fourth-order valence-electron chi connectivity index (χ4n) is 2.22. The number of nitrogens with two attached hydrogens (primary N) is 1. The van der Waals surface area contributed by atoms with Crippen molar-refractivity contribution in [1.82, 2.24) is 0 Å². The molecule has 3 heteroatoms. The molecule has 1 rings (SSSR count). The van der Waals surface area contributed by atoms with Crippen LogP contribution in [0, 0.1) is 13.8 Å². The molecule has 0 amide bonds. The van der Waals surface area contributed by atoms with Crippen molar-refractivity contribution in [3.8, 4) is 0 Å². The zero-order chi connectivity index (χ0) is 13.9. The summed E-state index contributed by atoms with van der Waals surface area (Å²) in [6, 6.07) is 6.13. The molecule has 0 fully saturated rings. The summed E-state index contributed by atoms with van der Waals surface area (Å²) >= 11 is 0. The summed E-state index contributed by atoms with van der Waals surface area (Å²) in [6.07, 6.45) is 0.297. The van der Waals surface area contributed by atoms with E-state index in [0.717, 1.165) is 11.1 Å². The van der Waals surface area contributed by atoms with Crippen LogP contribution in [0.2, 0.25) is 0 Å². The molecule has 0 aliphatic rings. The Morgan fingerprint density at radius 1 is 1.44 bits per heavy atom. The van der Waals surface area contributed by atoms with Crippen molar-refractivity contribution in [2.75, 3.05) is 7.11 Å². The van der Waals surface area contributed by atoms with E-state index in [0.29, 0.717) is 6.42 Å². The summed E-state index contributed by atoms with van der Waals surface area (Å²) in [6.45, 7) is 8.05. The third-order valence-electron chi connectivity index (χ3n) is 3.75. The standard InChI is InChI=1S/C15H23NO2/c1-10-6-7-11(2)13(8-10)15(4,12(3)16)9-14(17)18-5/h6-8,12H,9,16H2,1-5H3. The van der Waals surface area contributed by atoms with Gasteiger partial charge < -0.3 is 10.5 Å². The van der Waals surface area contributed by atoms with Crippen molar-refractivity contribution < 1.29 is 9.53 Å². The van der Waals surface area contributed by atoms with Gasteiger partial charge in [-0.2, -0.15) is 0 Å². The first-order valence-corrected chi connectivity index (χ1v) is 6.21. The molecule has 1 aromatic carbocycles. The smallest absolute Gasteiger partial charge is 0.306 e. The topological polar surface area (TPSA) is 52.3 Å². The third kappa shape index (κ3) is 2.91. The quantitative estimate of drug-likeness (QED) is 0.834. The van der Waals surface area contributed by atoms with E-state index in [1.807, 2.05) is 27.7 Å². The highest BCUT2D eigenvalue weighted by atomic mass is 16.5.